The zero-order valence-corrected chi connectivity index (χ0v) is 21.2. The minimum absolute atomic E-state index is 0.00541. The number of benzene rings is 3. The maximum absolute atomic E-state index is 13.6. The molecular weight excluding hydrogens is 491 g/mol. The van der Waals surface area contributed by atoms with Crippen molar-refractivity contribution in [2.75, 3.05) is 12.4 Å². The number of hydrazone groups is 1. The van der Waals surface area contributed by atoms with Crippen molar-refractivity contribution >= 4 is 40.1 Å². The van der Waals surface area contributed by atoms with E-state index in [2.05, 4.69) is 10.3 Å². The van der Waals surface area contributed by atoms with Crippen LogP contribution < -0.4 is 10.1 Å². The van der Waals surface area contributed by atoms with Crippen molar-refractivity contribution in [2.45, 2.75) is 31.1 Å². The second kappa shape index (κ2) is 10.6. The molecule has 0 radical (unpaired) electrons. The van der Waals surface area contributed by atoms with Crippen LogP contribution in [0.25, 0.3) is 0 Å². The number of amidine groups is 1. The average Bonchev–Trinajstić information content (AvgIpc) is 3.48. The van der Waals surface area contributed by atoms with Crippen LogP contribution in [0.15, 0.2) is 82.9 Å². The number of nitrogens with zero attached hydrogens (tertiary/aromatic N) is 3. The Bertz CT molecular complexity index is 1390. The first kappa shape index (κ1) is 24.7. The van der Waals surface area contributed by atoms with Gasteiger partial charge in [0.15, 0.2) is 5.17 Å². The van der Waals surface area contributed by atoms with Gasteiger partial charge in [0.25, 0.3) is 5.91 Å². The maximum Gasteiger partial charge on any atom is 0.262 e. The van der Waals surface area contributed by atoms with Crippen LogP contribution in [0.2, 0.25) is 0 Å². The number of nitrogens with one attached hydrogen (secondary N) is 1. The number of ether oxygens (including phenoxy) is 1. The fourth-order valence-corrected chi connectivity index (χ4v) is 5.36. The van der Waals surface area contributed by atoms with Crippen LogP contribution in [0.4, 0.5) is 10.1 Å². The SMILES string of the molecule is COc1ccc(C2=NN(C3=NC(=O)[C@H](CC(=O)Nc4cccc(C)c4)S3)[C@H](c3ccc(F)cc3)C2)cc1. The Labute approximate surface area is 218 Å². The molecule has 2 amide bonds. The lowest BCUT2D eigenvalue weighted by Gasteiger charge is -2.23. The molecule has 0 saturated carbocycles. The Morgan fingerprint density at radius 2 is 1.89 bits per heavy atom. The molecule has 3 aromatic carbocycles. The summed E-state index contributed by atoms with van der Waals surface area (Å²) < 4.78 is 18.9. The number of amides is 2. The van der Waals surface area contributed by atoms with E-state index >= 15 is 0 Å². The Morgan fingerprint density at radius 3 is 2.59 bits per heavy atom. The summed E-state index contributed by atoms with van der Waals surface area (Å²) in [5, 5.41) is 9.16. The Kier molecular flexibility index (Phi) is 7.05. The maximum atomic E-state index is 13.6. The van der Waals surface area contributed by atoms with E-state index < -0.39 is 5.25 Å². The number of aliphatic imine (C=N–C) groups is 1. The number of aryl methyl sites for hydroxylation is 1. The van der Waals surface area contributed by atoms with Gasteiger partial charge >= 0.3 is 0 Å². The molecule has 2 atom stereocenters. The number of rotatable bonds is 6. The van der Waals surface area contributed by atoms with Crippen LogP contribution in [0.1, 0.15) is 35.6 Å². The Morgan fingerprint density at radius 1 is 1.14 bits per heavy atom. The van der Waals surface area contributed by atoms with Gasteiger partial charge in [-0.25, -0.2) is 9.40 Å². The molecule has 0 aromatic heterocycles. The van der Waals surface area contributed by atoms with Gasteiger partial charge in [-0.15, -0.1) is 0 Å². The normalized spacial score (nSPS) is 19.0. The molecule has 188 valence electrons. The van der Waals surface area contributed by atoms with Gasteiger partial charge in [0.05, 0.1) is 18.9 Å². The molecule has 0 aliphatic carbocycles. The summed E-state index contributed by atoms with van der Waals surface area (Å²) in [4.78, 5) is 29.7. The molecule has 0 saturated heterocycles. The molecular formula is C28H25FN4O3S. The first-order valence-electron chi connectivity index (χ1n) is 11.8. The van der Waals surface area contributed by atoms with Gasteiger partial charge < -0.3 is 10.1 Å². The number of halogens is 1. The topological polar surface area (TPSA) is 83.4 Å². The molecule has 9 heteroatoms. The van der Waals surface area contributed by atoms with E-state index in [1.54, 1.807) is 24.3 Å². The smallest absolute Gasteiger partial charge is 0.262 e. The third kappa shape index (κ3) is 5.56. The highest BCUT2D eigenvalue weighted by Gasteiger charge is 2.39. The number of thioether (sulfide) groups is 1. The summed E-state index contributed by atoms with van der Waals surface area (Å²) in [5.74, 6) is -0.216. The van der Waals surface area contributed by atoms with Crippen LogP contribution in [0.5, 0.6) is 5.75 Å². The van der Waals surface area contributed by atoms with Crippen molar-refractivity contribution in [2.24, 2.45) is 10.1 Å². The molecule has 2 aliphatic heterocycles. The fraction of sp³-hybridized carbons (Fsp3) is 0.214. The molecule has 1 N–H and O–H groups in total. The Hall–Kier alpha value is -3.98. The van der Waals surface area contributed by atoms with Crippen molar-refractivity contribution in [3.63, 3.8) is 0 Å². The highest BCUT2D eigenvalue weighted by molar-refractivity contribution is 8.15. The van der Waals surface area contributed by atoms with E-state index in [-0.39, 0.29) is 30.1 Å². The van der Waals surface area contributed by atoms with Gasteiger partial charge in [0.2, 0.25) is 5.91 Å². The zero-order chi connectivity index (χ0) is 25.9. The molecule has 0 unspecified atom stereocenters. The predicted octanol–water partition coefficient (Wildman–Crippen LogP) is 5.32. The third-order valence-electron chi connectivity index (χ3n) is 6.19. The third-order valence-corrected chi connectivity index (χ3v) is 7.33. The predicted molar refractivity (Wildman–Crippen MR) is 143 cm³/mol. The lowest BCUT2D eigenvalue weighted by Crippen LogP contribution is -2.25. The second-order valence-electron chi connectivity index (χ2n) is 8.85. The monoisotopic (exact) mass is 516 g/mol. The summed E-state index contributed by atoms with van der Waals surface area (Å²) >= 11 is 1.23. The molecule has 2 aliphatic rings. The molecule has 3 aromatic rings. The summed E-state index contributed by atoms with van der Waals surface area (Å²) in [6.45, 7) is 1.94. The number of hydrogen-bond acceptors (Lipinski definition) is 6. The first-order valence-corrected chi connectivity index (χ1v) is 12.7. The number of hydrogen-bond donors (Lipinski definition) is 1. The molecule has 0 bridgehead atoms. The largest absolute Gasteiger partial charge is 0.497 e. The first-order chi connectivity index (χ1) is 17.9. The van der Waals surface area contributed by atoms with Crippen molar-refractivity contribution in [1.82, 2.24) is 5.01 Å². The lowest BCUT2D eigenvalue weighted by atomic mass is 9.98. The van der Waals surface area contributed by atoms with Gasteiger partial charge in [-0.2, -0.15) is 10.1 Å². The number of carbonyl (C=O) groups is 2. The fourth-order valence-electron chi connectivity index (χ4n) is 4.30. The molecule has 5 rings (SSSR count). The van der Waals surface area contributed by atoms with Gasteiger partial charge in [-0.05, 0) is 72.1 Å². The van der Waals surface area contributed by atoms with Crippen molar-refractivity contribution in [3.8, 4) is 5.75 Å². The highest BCUT2D eigenvalue weighted by atomic mass is 32.2. The van der Waals surface area contributed by atoms with Crippen molar-refractivity contribution in [3.05, 3.63) is 95.3 Å². The van der Waals surface area contributed by atoms with Gasteiger partial charge in [0.1, 0.15) is 16.8 Å². The molecule has 7 nitrogen and oxygen atoms in total. The van der Waals surface area contributed by atoms with Gasteiger partial charge in [-0.1, -0.05) is 36.0 Å². The van der Waals surface area contributed by atoms with Crippen LogP contribution in [0, 0.1) is 12.7 Å². The Balaban J connectivity index is 1.35. The van der Waals surface area contributed by atoms with E-state index in [1.165, 1.54) is 23.9 Å². The van der Waals surface area contributed by atoms with Crippen LogP contribution in [-0.4, -0.2) is 40.1 Å². The van der Waals surface area contributed by atoms with Crippen molar-refractivity contribution in [1.29, 1.82) is 0 Å². The van der Waals surface area contributed by atoms with Crippen LogP contribution in [0.3, 0.4) is 0 Å². The van der Waals surface area contributed by atoms with E-state index in [1.807, 2.05) is 55.5 Å². The van der Waals surface area contributed by atoms with E-state index in [0.29, 0.717) is 17.3 Å². The molecule has 0 fully saturated rings. The quantitative estimate of drug-likeness (QED) is 0.480. The second-order valence-corrected chi connectivity index (χ2v) is 10.0. The summed E-state index contributed by atoms with van der Waals surface area (Å²) in [6.07, 6.45) is 0.540. The number of carbonyl (C=O) groups excluding carboxylic acids is 2. The minimum atomic E-state index is -0.645. The van der Waals surface area contributed by atoms with E-state index in [4.69, 9.17) is 9.84 Å². The molecule has 37 heavy (non-hydrogen) atoms. The summed E-state index contributed by atoms with van der Waals surface area (Å²) in [5.41, 5.74) is 4.30. The van der Waals surface area contributed by atoms with E-state index in [9.17, 15) is 14.0 Å². The summed E-state index contributed by atoms with van der Waals surface area (Å²) in [7, 11) is 1.61. The van der Waals surface area contributed by atoms with Gasteiger partial charge in [0, 0.05) is 18.5 Å². The number of methoxy groups -OCH3 is 1. The lowest BCUT2D eigenvalue weighted by molar-refractivity contribution is -0.121. The minimum Gasteiger partial charge on any atom is -0.497 e. The summed E-state index contributed by atoms with van der Waals surface area (Å²) in [6, 6.07) is 21.1. The zero-order valence-electron chi connectivity index (χ0n) is 20.3. The molecule has 0 spiro atoms. The number of anilines is 1. The average molecular weight is 517 g/mol. The highest BCUT2D eigenvalue weighted by Crippen LogP contribution is 2.38. The van der Waals surface area contributed by atoms with E-state index in [0.717, 1.165) is 28.2 Å². The van der Waals surface area contributed by atoms with Crippen LogP contribution in [-0.2, 0) is 9.59 Å². The van der Waals surface area contributed by atoms with Gasteiger partial charge in [-0.3, -0.25) is 9.59 Å². The van der Waals surface area contributed by atoms with Crippen LogP contribution >= 0.6 is 11.8 Å². The standard InChI is InChI=1S/C28H25FN4O3S/c1-17-4-3-5-21(14-17)30-26(34)16-25-27(35)31-28(37-25)33-24(19-6-10-20(29)11-7-19)15-23(32-33)18-8-12-22(36-2)13-9-18/h3-14,24-25H,15-16H2,1-2H3,(H,30,34)/t24-,25-/m0/s1. The van der Waals surface area contributed by atoms with Crippen molar-refractivity contribution < 1.29 is 18.7 Å². The molecule has 2 heterocycles.